The van der Waals surface area contributed by atoms with Crippen LogP contribution in [0.1, 0.15) is 30.1 Å². The van der Waals surface area contributed by atoms with Crippen molar-refractivity contribution in [3.8, 4) is 17.3 Å². The van der Waals surface area contributed by atoms with Gasteiger partial charge in [0.05, 0.1) is 35.6 Å². The number of nitriles is 1. The highest BCUT2D eigenvalue weighted by Gasteiger charge is 2.38. The predicted molar refractivity (Wildman–Crippen MR) is 134 cm³/mol. The fourth-order valence-electron chi connectivity index (χ4n) is 4.57. The maximum absolute atomic E-state index is 15.2. The minimum Gasteiger partial charge on any atom is -0.346 e. The van der Waals surface area contributed by atoms with Crippen molar-refractivity contribution in [3.05, 3.63) is 72.8 Å². The number of hydrogen-bond donors (Lipinski definition) is 2. The maximum Gasteiger partial charge on any atom is 0.408 e. The SMILES string of the molecule is C[C@H](NC(=O)c1ccc(N2C=CCC(CC#N)(n3cc(-c4ncnc5[nH]ccc45)cn3)C2)c(F)c1)C(F)(F)F. The highest BCUT2D eigenvalue weighted by molar-refractivity contribution is 5.95. The Labute approximate surface area is 219 Å². The van der Waals surface area contributed by atoms with Gasteiger partial charge in [-0.05, 0) is 37.6 Å². The van der Waals surface area contributed by atoms with E-state index in [1.807, 2.05) is 11.4 Å². The van der Waals surface area contributed by atoms with E-state index in [4.69, 9.17) is 0 Å². The van der Waals surface area contributed by atoms with E-state index in [1.165, 1.54) is 18.5 Å². The molecule has 0 spiro atoms. The van der Waals surface area contributed by atoms with Gasteiger partial charge >= 0.3 is 6.18 Å². The van der Waals surface area contributed by atoms with Gasteiger partial charge in [0.15, 0.2) is 0 Å². The number of nitrogens with one attached hydrogen (secondary N) is 2. The van der Waals surface area contributed by atoms with Crippen molar-refractivity contribution in [1.29, 1.82) is 5.26 Å². The predicted octanol–water partition coefficient (Wildman–Crippen LogP) is 4.67. The first-order valence-electron chi connectivity index (χ1n) is 11.9. The van der Waals surface area contributed by atoms with E-state index in [9.17, 15) is 23.2 Å². The smallest absolute Gasteiger partial charge is 0.346 e. The molecule has 0 fully saturated rings. The van der Waals surface area contributed by atoms with Gasteiger partial charge < -0.3 is 15.2 Å². The van der Waals surface area contributed by atoms with Crippen LogP contribution in [-0.4, -0.2) is 49.4 Å². The van der Waals surface area contributed by atoms with Gasteiger partial charge in [-0.2, -0.15) is 23.5 Å². The fraction of sp³-hybridized carbons (Fsp3) is 0.269. The van der Waals surface area contributed by atoms with Gasteiger partial charge in [-0.25, -0.2) is 14.4 Å². The van der Waals surface area contributed by atoms with Gasteiger partial charge in [-0.15, -0.1) is 0 Å². The lowest BCUT2D eigenvalue weighted by Gasteiger charge is -2.39. The van der Waals surface area contributed by atoms with Crippen LogP contribution in [0.25, 0.3) is 22.3 Å². The zero-order valence-electron chi connectivity index (χ0n) is 20.6. The van der Waals surface area contributed by atoms with Gasteiger partial charge in [0, 0.05) is 41.7 Å². The molecule has 5 rings (SSSR count). The van der Waals surface area contributed by atoms with Gasteiger partial charge in [0.2, 0.25) is 0 Å². The molecule has 0 aliphatic carbocycles. The van der Waals surface area contributed by atoms with E-state index < -0.39 is 29.5 Å². The Morgan fingerprint density at radius 3 is 2.87 bits per heavy atom. The van der Waals surface area contributed by atoms with Crippen LogP contribution in [0.3, 0.4) is 0 Å². The molecule has 9 nitrogen and oxygen atoms in total. The first-order valence-corrected chi connectivity index (χ1v) is 11.9. The van der Waals surface area contributed by atoms with Crippen molar-refractivity contribution in [2.24, 2.45) is 0 Å². The van der Waals surface area contributed by atoms with Crippen molar-refractivity contribution >= 4 is 22.6 Å². The molecule has 2 atom stereocenters. The number of carbonyl (C=O) groups excluding carboxylic acids is 1. The average Bonchev–Trinajstić information content (AvgIpc) is 3.59. The topological polar surface area (TPSA) is 116 Å². The van der Waals surface area contributed by atoms with Gasteiger partial charge in [-0.1, -0.05) is 6.08 Å². The largest absolute Gasteiger partial charge is 0.408 e. The zero-order chi connectivity index (χ0) is 27.8. The molecule has 1 aliphatic heterocycles. The Balaban J connectivity index is 1.41. The number of rotatable bonds is 6. The fourth-order valence-corrected chi connectivity index (χ4v) is 4.57. The Hall–Kier alpha value is -4.73. The van der Waals surface area contributed by atoms with Crippen molar-refractivity contribution < 1.29 is 22.4 Å². The standard InChI is InChI=1S/C26H22F4N8O/c1-16(26(28,29)30)36-24(39)17-3-4-21(20(27)11-17)37-10-2-6-25(14-37,7-8-31)38-13-18(12-35-38)22-19-5-9-32-23(19)34-15-33-22/h2-5,9-13,15-16H,6-7,14H2,1H3,(H,36,39)(H,32,33,34)/t16-,25?/m0/s1. The number of nitrogens with zero attached hydrogens (tertiary/aromatic N) is 6. The minimum atomic E-state index is -4.62. The number of fused-ring (bicyclic) bond motifs is 1. The molecule has 4 heterocycles. The molecule has 200 valence electrons. The average molecular weight is 539 g/mol. The Morgan fingerprint density at radius 1 is 1.31 bits per heavy atom. The summed E-state index contributed by atoms with van der Waals surface area (Å²) < 4.78 is 55.2. The van der Waals surface area contributed by atoms with Crippen molar-refractivity contribution in [1.82, 2.24) is 30.0 Å². The number of anilines is 1. The zero-order valence-corrected chi connectivity index (χ0v) is 20.6. The second kappa shape index (κ2) is 9.86. The summed E-state index contributed by atoms with van der Waals surface area (Å²) in [5, 5.41) is 16.8. The Kier molecular flexibility index (Phi) is 6.55. The molecule has 0 saturated carbocycles. The van der Waals surface area contributed by atoms with E-state index >= 15 is 4.39 Å². The molecule has 3 aromatic heterocycles. The third-order valence-corrected chi connectivity index (χ3v) is 6.71. The number of H-pyrrole nitrogens is 1. The van der Waals surface area contributed by atoms with Gasteiger partial charge in [-0.3, -0.25) is 9.48 Å². The Bertz CT molecular complexity index is 1600. The number of benzene rings is 1. The van der Waals surface area contributed by atoms with E-state index in [-0.39, 0.29) is 24.2 Å². The second-order valence-electron chi connectivity index (χ2n) is 9.31. The van der Waals surface area contributed by atoms with E-state index in [0.717, 1.165) is 23.9 Å². The number of aromatic amines is 1. The summed E-state index contributed by atoms with van der Waals surface area (Å²) in [5.74, 6) is -1.83. The van der Waals surface area contributed by atoms with Crippen LogP contribution < -0.4 is 10.2 Å². The number of allylic oxidation sites excluding steroid dienone is 1. The lowest BCUT2D eigenvalue weighted by molar-refractivity contribution is -0.149. The van der Waals surface area contributed by atoms with E-state index in [2.05, 4.69) is 26.1 Å². The molecule has 0 saturated heterocycles. The van der Waals surface area contributed by atoms with E-state index in [1.54, 1.807) is 40.4 Å². The molecular weight excluding hydrogens is 516 g/mol. The monoisotopic (exact) mass is 538 g/mol. The summed E-state index contributed by atoms with van der Waals surface area (Å²) in [6.45, 7) is 0.984. The van der Waals surface area contributed by atoms with Crippen LogP contribution in [-0.2, 0) is 5.54 Å². The molecule has 0 radical (unpaired) electrons. The van der Waals surface area contributed by atoms with Gasteiger partial charge in [0.25, 0.3) is 5.91 Å². The molecule has 2 N–H and O–H groups in total. The lowest BCUT2D eigenvalue weighted by Crippen LogP contribution is -2.46. The van der Waals surface area contributed by atoms with Crippen molar-refractivity contribution in [2.75, 3.05) is 11.4 Å². The summed E-state index contributed by atoms with van der Waals surface area (Å²) >= 11 is 0. The van der Waals surface area contributed by atoms with Crippen LogP contribution in [0.15, 0.2) is 61.5 Å². The quantitative estimate of drug-likeness (QED) is 0.345. The van der Waals surface area contributed by atoms with Crippen molar-refractivity contribution in [2.45, 2.75) is 37.5 Å². The van der Waals surface area contributed by atoms with Crippen LogP contribution in [0.5, 0.6) is 0 Å². The number of amides is 1. The first-order chi connectivity index (χ1) is 18.6. The summed E-state index contributed by atoms with van der Waals surface area (Å²) in [6.07, 6.45) is 5.98. The van der Waals surface area contributed by atoms with Crippen LogP contribution >= 0.6 is 0 Å². The molecule has 1 amide bonds. The molecule has 13 heteroatoms. The summed E-state index contributed by atoms with van der Waals surface area (Å²) in [4.78, 5) is 25.4. The minimum absolute atomic E-state index is 0.0652. The number of hydrogen-bond acceptors (Lipinski definition) is 6. The Morgan fingerprint density at radius 2 is 2.13 bits per heavy atom. The first kappa shape index (κ1) is 25.9. The molecular formula is C26H22F4N8O. The van der Waals surface area contributed by atoms with Crippen LogP contribution in [0.4, 0.5) is 23.2 Å². The maximum atomic E-state index is 15.2. The van der Waals surface area contributed by atoms with Crippen LogP contribution in [0.2, 0.25) is 0 Å². The third-order valence-electron chi connectivity index (χ3n) is 6.71. The number of aromatic nitrogens is 5. The molecule has 0 bridgehead atoms. The normalized spacial score (nSPS) is 18.2. The van der Waals surface area contributed by atoms with Crippen LogP contribution in [0, 0.1) is 17.1 Å². The number of carbonyl (C=O) groups is 1. The summed E-state index contributed by atoms with van der Waals surface area (Å²) in [6, 6.07) is 5.45. The van der Waals surface area contributed by atoms with Gasteiger partial charge in [0.1, 0.15) is 23.8 Å². The van der Waals surface area contributed by atoms with E-state index in [0.29, 0.717) is 17.8 Å². The molecule has 1 aliphatic rings. The number of alkyl halides is 3. The molecule has 4 aromatic rings. The highest BCUT2D eigenvalue weighted by atomic mass is 19.4. The molecule has 1 unspecified atom stereocenters. The lowest BCUT2D eigenvalue weighted by atomic mass is 9.88. The second-order valence-corrected chi connectivity index (χ2v) is 9.31. The third kappa shape index (κ3) is 4.93. The summed E-state index contributed by atoms with van der Waals surface area (Å²) in [5.41, 5.74) is 1.07. The summed E-state index contributed by atoms with van der Waals surface area (Å²) in [7, 11) is 0. The highest BCUT2D eigenvalue weighted by Crippen LogP contribution is 2.35. The number of halogens is 4. The molecule has 39 heavy (non-hydrogen) atoms. The molecule has 1 aromatic carbocycles. The van der Waals surface area contributed by atoms with Crippen molar-refractivity contribution in [3.63, 3.8) is 0 Å².